The van der Waals surface area contributed by atoms with E-state index in [1.165, 1.54) is 12.8 Å². The Kier molecular flexibility index (Phi) is 69.1. The van der Waals surface area contributed by atoms with Crippen LogP contribution in [0.25, 0.3) is 0 Å². The van der Waals surface area contributed by atoms with E-state index in [1.807, 2.05) is 0 Å². The molecule has 0 aromatic rings. The van der Waals surface area contributed by atoms with E-state index in [0.29, 0.717) is 25.7 Å². The summed E-state index contributed by atoms with van der Waals surface area (Å²) in [6, 6.07) is 0. The second-order valence-corrected chi connectivity index (χ2v) is 28.1. The first-order chi connectivity index (χ1) is 48.7. The fourth-order valence-corrected chi connectivity index (χ4v) is 11.3. The van der Waals surface area contributed by atoms with Gasteiger partial charge in [-0.15, -0.1) is 0 Å². The number of carbonyl (C=O) groups is 4. The van der Waals surface area contributed by atoms with E-state index in [9.17, 15) is 43.2 Å². The molecule has 0 aromatic carbocycles. The lowest BCUT2D eigenvalue weighted by molar-refractivity contribution is -0.161. The summed E-state index contributed by atoms with van der Waals surface area (Å²) in [7, 11) is -9.97. The van der Waals surface area contributed by atoms with Gasteiger partial charge in [-0.2, -0.15) is 0 Å². The quantitative estimate of drug-likeness (QED) is 0.0169. The molecule has 0 spiro atoms. The van der Waals surface area contributed by atoms with Crippen LogP contribution in [0, 0.1) is 0 Å². The first-order valence-electron chi connectivity index (χ1n) is 38.4. The Bertz CT molecular complexity index is 2420. The number of phosphoric ester groups is 2. The van der Waals surface area contributed by atoms with E-state index in [1.54, 1.807) is 0 Å². The van der Waals surface area contributed by atoms with Crippen molar-refractivity contribution in [3.05, 3.63) is 134 Å². The highest BCUT2D eigenvalue weighted by Gasteiger charge is 2.30. The molecule has 19 heteroatoms. The van der Waals surface area contributed by atoms with E-state index < -0.39 is 97.5 Å². The van der Waals surface area contributed by atoms with E-state index in [0.717, 1.165) is 205 Å². The third kappa shape index (κ3) is 71.6. The zero-order valence-corrected chi connectivity index (χ0v) is 64.1. The maximum absolute atomic E-state index is 13.1. The second kappa shape index (κ2) is 72.5. The van der Waals surface area contributed by atoms with Crippen molar-refractivity contribution < 1.29 is 80.2 Å². The number of carbonyl (C=O) groups excluding carboxylic acids is 4. The zero-order valence-electron chi connectivity index (χ0n) is 62.3. The lowest BCUT2D eigenvalue weighted by atomic mass is 10.1. The molecular weight excluding hydrogens is 1310 g/mol. The van der Waals surface area contributed by atoms with E-state index in [4.69, 9.17) is 37.0 Å². The average molecular weight is 1440 g/mol. The minimum absolute atomic E-state index is 0.0677. The number of hydrogen-bond donors (Lipinski definition) is 3. The number of unbranched alkanes of at least 4 members (excludes halogenated alkanes) is 23. The Morgan fingerprint density at radius 3 is 0.860 bits per heavy atom. The van der Waals surface area contributed by atoms with Gasteiger partial charge in [0.1, 0.15) is 19.3 Å². The van der Waals surface area contributed by atoms with Crippen molar-refractivity contribution >= 4 is 39.5 Å². The van der Waals surface area contributed by atoms with Gasteiger partial charge in [0.25, 0.3) is 0 Å². The first-order valence-corrected chi connectivity index (χ1v) is 41.4. The number of ether oxygens (including phenoxy) is 4. The molecule has 0 rings (SSSR count). The molecule has 5 atom stereocenters. The van der Waals surface area contributed by atoms with Crippen molar-refractivity contribution in [2.45, 2.75) is 316 Å². The summed E-state index contributed by atoms with van der Waals surface area (Å²) in [5.74, 6) is -2.25. The number of phosphoric acid groups is 2. The van der Waals surface area contributed by atoms with Crippen LogP contribution in [0.1, 0.15) is 297 Å². The molecule has 5 unspecified atom stereocenters. The number of allylic oxidation sites excluding steroid dienone is 22. The molecule has 0 saturated carbocycles. The molecule has 0 aliphatic carbocycles. The molecule has 0 aliphatic rings. The van der Waals surface area contributed by atoms with Crippen LogP contribution in [0.2, 0.25) is 0 Å². The van der Waals surface area contributed by atoms with Crippen LogP contribution in [-0.2, 0) is 65.4 Å². The van der Waals surface area contributed by atoms with Crippen molar-refractivity contribution in [1.82, 2.24) is 0 Å². The zero-order chi connectivity index (χ0) is 73.2. The highest BCUT2D eigenvalue weighted by Crippen LogP contribution is 2.45. The molecule has 0 fully saturated rings. The van der Waals surface area contributed by atoms with E-state index in [-0.39, 0.29) is 25.7 Å². The molecule has 0 aromatic heterocycles. The molecule has 0 bridgehead atoms. The van der Waals surface area contributed by atoms with Crippen molar-refractivity contribution in [3.8, 4) is 0 Å². The molecule has 17 nitrogen and oxygen atoms in total. The summed E-state index contributed by atoms with van der Waals surface area (Å²) >= 11 is 0. The predicted octanol–water partition coefficient (Wildman–Crippen LogP) is 22.1. The van der Waals surface area contributed by atoms with Gasteiger partial charge in [0.15, 0.2) is 12.2 Å². The molecule has 100 heavy (non-hydrogen) atoms. The van der Waals surface area contributed by atoms with Crippen LogP contribution in [0.4, 0.5) is 0 Å². The van der Waals surface area contributed by atoms with Crippen LogP contribution >= 0.6 is 15.6 Å². The third-order valence-corrected chi connectivity index (χ3v) is 17.5. The molecule has 0 aliphatic heterocycles. The van der Waals surface area contributed by atoms with Gasteiger partial charge in [-0.05, 0) is 148 Å². The van der Waals surface area contributed by atoms with Gasteiger partial charge in [-0.25, -0.2) is 9.13 Å². The maximum Gasteiger partial charge on any atom is 0.472 e. The second-order valence-electron chi connectivity index (χ2n) is 25.2. The smallest absolute Gasteiger partial charge is 0.462 e. The number of aliphatic hydroxyl groups is 1. The largest absolute Gasteiger partial charge is 0.472 e. The van der Waals surface area contributed by atoms with Crippen molar-refractivity contribution in [2.24, 2.45) is 0 Å². The molecule has 3 N–H and O–H groups in total. The molecular formula is C81H136O17P2. The third-order valence-electron chi connectivity index (χ3n) is 15.6. The first kappa shape index (κ1) is 95.2. The summed E-state index contributed by atoms with van der Waals surface area (Å²) in [5, 5.41) is 10.6. The predicted molar refractivity (Wildman–Crippen MR) is 408 cm³/mol. The molecule has 0 saturated heterocycles. The van der Waals surface area contributed by atoms with E-state index >= 15 is 0 Å². The van der Waals surface area contributed by atoms with Gasteiger partial charge in [-0.3, -0.25) is 37.3 Å². The fraction of sp³-hybridized carbons (Fsp3) is 0.679. The highest BCUT2D eigenvalue weighted by atomic mass is 31.2. The van der Waals surface area contributed by atoms with Crippen molar-refractivity contribution in [2.75, 3.05) is 39.6 Å². The number of rotatable bonds is 71. The molecule has 0 radical (unpaired) electrons. The Balaban J connectivity index is 5.35. The topological polar surface area (TPSA) is 237 Å². The standard InChI is InChI=1S/C81H136O17P2/c1-5-9-13-17-21-25-29-32-34-36-37-39-41-44-47-50-54-58-62-66-79(84)92-72-77(98-81(86)68-64-60-56-52-48-42-31-27-23-19-15-11-7-3)74-96-100(89,90)94-70-75(82)69-93-99(87,88)95-73-76(97-80(85)67-63-59-55-51-45-28-24-20-16-12-8-4)71-91-78(83)65-61-57-53-49-46-43-40-38-35-33-30-26-22-18-14-10-6-2/h9-10,13-15,19-22,24-27,31-35,37,39,44,47,75-77,82H,5-8,11-12,16-18,23,28-30,36,38,40-43,45-46,48-74H2,1-4H3,(H,87,88)(H,89,90)/b13-9-,14-10-,19-15-,24-20-,25-21-,26-22-,31-27-,34-32-,35-33-,39-37-,47-44-. The average Bonchev–Trinajstić information content (AvgIpc) is 0.940. The van der Waals surface area contributed by atoms with Gasteiger partial charge < -0.3 is 33.8 Å². The minimum Gasteiger partial charge on any atom is -0.462 e. The molecule has 572 valence electrons. The Hall–Kier alpha value is -4.80. The Morgan fingerprint density at radius 2 is 0.540 bits per heavy atom. The summed E-state index contributed by atoms with van der Waals surface area (Å²) in [6.45, 7) is 4.46. The summed E-state index contributed by atoms with van der Waals surface area (Å²) < 4.78 is 68.4. The Morgan fingerprint density at radius 1 is 0.290 bits per heavy atom. The van der Waals surface area contributed by atoms with Crippen molar-refractivity contribution in [3.63, 3.8) is 0 Å². The normalized spacial score (nSPS) is 14.7. The van der Waals surface area contributed by atoms with Crippen LogP contribution in [0.3, 0.4) is 0 Å². The van der Waals surface area contributed by atoms with Crippen LogP contribution < -0.4 is 0 Å². The number of esters is 4. The maximum atomic E-state index is 13.1. The summed E-state index contributed by atoms with van der Waals surface area (Å²) in [4.78, 5) is 72.8. The number of hydrogen-bond acceptors (Lipinski definition) is 15. The summed E-state index contributed by atoms with van der Waals surface area (Å²) in [6.07, 6.45) is 80.2. The number of aliphatic hydroxyl groups excluding tert-OH is 1. The summed E-state index contributed by atoms with van der Waals surface area (Å²) in [5.41, 5.74) is 0. The van der Waals surface area contributed by atoms with Gasteiger partial charge in [0.2, 0.25) is 0 Å². The van der Waals surface area contributed by atoms with Crippen LogP contribution in [-0.4, -0.2) is 96.7 Å². The van der Waals surface area contributed by atoms with Crippen LogP contribution in [0.15, 0.2) is 134 Å². The lowest BCUT2D eigenvalue weighted by Crippen LogP contribution is -2.30. The Labute approximate surface area is 605 Å². The monoisotopic (exact) mass is 1440 g/mol. The van der Waals surface area contributed by atoms with Crippen molar-refractivity contribution in [1.29, 1.82) is 0 Å². The van der Waals surface area contributed by atoms with Gasteiger partial charge in [0, 0.05) is 25.7 Å². The fourth-order valence-electron chi connectivity index (χ4n) is 9.75. The lowest BCUT2D eigenvalue weighted by Gasteiger charge is -2.21. The molecule has 0 heterocycles. The van der Waals surface area contributed by atoms with E-state index in [2.05, 4.69) is 161 Å². The van der Waals surface area contributed by atoms with Gasteiger partial charge >= 0.3 is 39.5 Å². The highest BCUT2D eigenvalue weighted by molar-refractivity contribution is 7.47. The molecule has 0 amide bonds. The SMILES string of the molecule is CC/C=C\C/C=C\C/C=C\C/C=C\C/C=C\CCCCCC(=O)OCC(COP(=O)(O)OCC(O)COP(=O)(O)OCC(COC(=O)CCCCCCCCC/C=C\C/C=C\C/C=C\CC)OC(=O)CCCCCCC/C=C\CCCC)OC(=O)CCCCCCC/C=C\C/C=C\CCC. The van der Waals surface area contributed by atoms with Gasteiger partial charge in [-0.1, -0.05) is 258 Å². The minimum atomic E-state index is -4.99. The van der Waals surface area contributed by atoms with Crippen LogP contribution in [0.5, 0.6) is 0 Å². The van der Waals surface area contributed by atoms with Gasteiger partial charge in [0.05, 0.1) is 26.4 Å².